The number of methoxy groups -OCH3 is 1. The van der Waals surface area contributed by atoms with Crippen LogP contribution in [0.5, 0.6) is 0 Å². The van der Waals surface area contributed by atoms with Crippen molar-refractivity contribution >= 4 is 46.2 Å². The zero-order valence-electron chi connectivity index (χ0n) is 16.1. The number of nitrogens with zero attached hydrogens (tertiary/aromatic N) is 2. The number of halogens is 1. The first-order chi connectivity index (χ1) is 14.6. The topological polar surface area (TPSA) is 82.3 Å². The van der Waals surface area contributed by atoms with Crippen LogP contribution >= 0.6 is 23.8 Å². The Bertz CT molecular complexity index is 1040. The normalized spacial score (nSPS) is 18.3. The number of amides is 1. The number of aromatic amines is 1. The summed E-state index contributed by atoms with van der Waals surface area (Å²) < 4.78 is 4.85. The molecule has 0 aliphatic carbocycles. The van der Waals surface area contributed by atoms with Crippen molar-refractivity contribution in [3.05, 3.63) is 77.3 Å². The molecule has 4 rings (SSSR count). The van der Waals surface area contributed by atoms with Crippen molar-refractivity contribution in [2.75, 3.05) is 23.9 Å². The van der Waals surface area contributed by atoms with Gasteiger partial charge in [0.2, 0.25) is 5.91 Å². The number of carbonyl (C=O) groups is 1. The Morgan fingerprint density at radius 2 is 2.17 bits per heavy atom. The number of ether oxygens (including phenoxy) is 1. The summed E-state index contributed by atoms with van der Waals surface area (Å²) in [6.07, 6.45) is 3.65. The van der Waals surface area contributed by atoms with E-state index in [1.165, 1.54) is 7.11 Å². The second-order valence-corrected chi connectivity index (χ2v) is 7.56. The van der Waals surface area contributed by atoms with Crippen molar-refractivity contribution in [2.24, 2.45) is 0 Å². The van der Waals surface area contributed by atoms with Gasteiger partial charge in [-0.3, -0.25) is 9.78 Å². The summed E-state index contributed by atoms with van der Waals surface area (Å²) in [4.78, 5) is 21.6. The van der Waals surface area contributed by atoms with Crippen molar-refractivity contribution in [1.82, 2.24) is 15.3 Å². The van der Waals surface area contributed by atoms with Crippen LogP contribution in [0.15, 0.2) is 60.9 Å². The molecule has 0 spiro atoms. The van der Waals surface area contributed by atoms with Gasteiger partial charge in [-0.15, -0.1) is 0 Å². The summed E-state index contributed by atoms with van der Waals surface area (Å²) in [5.41, 5.74) is 3.20. The van der Waals surface area contributed by atoms with Crippen molar-refractivity contribution in [3.8, 4) is 0 Å². The van der Waals surface area contributed by atoms with Gasteiger partial charge in [-0.1, -0.05) is 17.7 Å². The molecule has 1 aliphatic heterocycles. The number of benzene rings is 1. The van der Waals surface area contributed by atoms with Gasteiger partial charge in [0, 0.05) is 30.9 Å². The molecule has 154 valence electrons. The van der Waals surface area contributed by atoms with Crippen molar-refractivity contribution in [1.29, 1.82) is 0 Å². The van der Waals surface area contributed by atoms with E-state index in [0.29, 0.717) is 15.8 Å². The summed E-state index contributed by atoms with van der Waals surface area (Å²) in [5, 5.41) is 7.10. The third-order valence-electron chi connectivity index (χ3n) is 4.82. The fourth-order valence-electron chi connectivity index (χ4n) is 3.55. The molecule has 7 nitrogen and oxygen atoms in total. The molecule has 2 atom stereocenters. The minimum atomic E-state index is -0.273. The van der Waals surface area contributed by atoms with Crippen molar-refractivity contribution < 1.29 is 9.53 Å². The number of carbonyl (C=O) groups excluding carboxylic acids is 1. The smallest absolute Gasteiger partial charge is 0.250 e. The van der Waals surface area contributed by atoms with Gasteiger partial charge in [-0.05, 0) is 54.7 Å². The van der Waals surface area contributed by atoms with Crippen LogP contribution in [-0.4, -0.2) is 34.7 Å². The molecule has 0 unspecified atom stereocenters. The van der Waals surface area contributed by atoms with Crippen molar-refractivity contribution in [2.45, 2.75) is 12.1 Å². The van der Waals surface area contributed by atoms with Gasteiger partial charge in [-0.25, -0.2) is 0 Å². The Hall–Kier alpha value is -2.94. The molecule has 1 aromatic carbocycles. The molecular weight excluding hydrogens is 422 g/mol. The van der Waals surface area contributed by atoms with Crippen LogP contribution in [0.2, 0.25) is 5.02 Å². The average Bonchev–Trinajstić information content (AvgIpc) is 3.38. The average molecular weight is 442 g/mol. The van der Waals surface area contributed by atoms with Crippen LogP contribution in [0.3, 0.4) is 0 Å². The lowest BCUT2D eigenvalue weighted by Gasteiger charge is -2.27. The van der Waals surface area contributed by atoms with E-state index in [9.17, 15) is 4.79 Å². The van der Waals surface area contributed by atoms with E-state index >= 15 is 0 Å². The van der Waals surface area contributed by atoms with Gasteiger partial charge < -0.3 is 25.3 Å². The van der Waals surface area contributed by atoms with Gasteiger partial charge in [0.1, 0.15) is 12.6 Å². The first kappa shape index (κ1) is 20.3. The van der Waals surface area contributed by atoms with Crippen LogP contribution in [0, 0.1) is 0 Å². The monoisotopic (exact) mass is 441 g/mol. The molecule has 1 amide bonds. The summed E-state index contributed by atoms with van der Waals surface area (Å²) in [7, 11) is 1.46. The molecule has 0 radical (unpaired) electrons. The lowest BCUT2D eigenvalue weighted by Crippen LogP contribution is -2.29. The fourth-order valence-corrected chi connectivity index (χ4v) is 4.12. The second-order valence-electron chi connectivity index (χ2n) is 6.77. The maximum atomic E-state index is 11.8. The van der Waals surface area contributed by atoms with Gasteiger partial charge in [0.25, 0.3) is 0 Å². The molecule has 9 heteroatoms. The largest absolute Gasteiger partial charge is 0.375 e. The van der Waals surface area contributed by atoms with Crippen LogP contribution in [0.25, 0.3) is 0 Å². The highest BCUT2D eigenvalue weighted by molar-refractivity contribution is 7.80. The molecule has 3 N–H and O–H groups in total. The highest BCUT2D eigenvalue weighted by atomic mass is 35.5. The van der Waals surface area contributed by atoms with Gasteiger partial charge >= 0.3 is 0 Å². The number of thiocarbonyl (C=S) groups is 1. The maximum Gasteiger partial charge on any atom is 0.250 e. The number of hydrogen-bond donors (Lipinski definition) is 3. The molecule has 1 saturated heterocycles. The summed E-state index contributed by atoms with van der Waals surface area (Å²) >= 11 is 12.1. The number of H-pyrrole nitrogens is 1. The van der Waals surface area contributed by atoms with Crippen LogP contribution in [0.1, 0.15) is 23.5 Å². The first-order valence-electron chi connectivity index (χ1n) is 9.31. The fraction of sp³-hybridized carbons (Fsp3) is 0.190. The quantitative estimate of drug-likeness (QED) is 0.504. The number of rotatable bonds is 6. The van der Waals surface area contributed by atoms with E-state index in [2.05, 4.69) is 20.6 Å². The predicted molar refractivity (Wildman–Crippen MR) is 121 cm³/mol. The number of nitrogens with one attached hydrogen (secondary N) is 3. The van der Waals surface area contributed by atoms with E-state index < -0.39 is 0 Å². The highest BCUT2D eigenvalue weighted by Crippen LogP contribution is 2.42. The van der Waals surface area contributed by atoms with E-state index in [4.69, 9.17) is 28.6 Å². The highest BCUT2D eigenvalue weighted by Gasteiger charge is 2.41. The molecule has 3 aromatic rings. The van der Waals surface area contributed by atoms with Gasteiger partial charge in [-0.2, -0.15) is 0 Å². The Morgan fingerprint density at radius 1 is 1.30 bits per heavy atom. The zero-order chi connectivity index (χ0) is 21.1. The summed E-state index contributed by atoms with van der Waals surface area (Å²) in [6, 6.07) is 14.9. The lowest BCUT2D eigenvalue weighted by molar-refractivity contribution is -0.119. The van der Waals surface area contributed by atoms with Gasteiger partial charge in [0.15, 0.2) is 5.11 Å². The number of hydrogen-bond acceptors (Lipinski definition) is 4. The van der Waals surface area contributed by atoms with E-state index in [0.717, 1.165) is 17.1 Å². The lowest BCUT2D eigenvalue weighted by atomic mass is 10.0. The standard InChI is InChI=1S/C21H20ClN5O2S/c1-29-12-18(28)25-15-8-7-13(11-14(15)22)27-20(17-6-4-10-24-17)19(26-21(27)30)16-5-2-3-9-23-16/h2-11,19-20,24H,12H2,1H3,(H,25,28)(H,26,30)/t19-,20-/m1/s1. The second kappa shape index (κ2) is 8.83. The Labute approximate surface area is 184 Å². The van der Waals surface area contributed by atoms with Gasteiger partial charge in [0.05, 0.1) is 22.4 Å². The Balaban J connectivity index is 1.69. The Kier molecular flexibility index (Phi) is 5.98. The summed E-state index contributed by atoms with van der Waals surface area (Å²) in [6.45, 7) is -0.0428. The molecule has 1 aliphatic rings. The van der Waals surface area contributed by atoms with E-state index in [-0.39, 0.29) is 24.6 Å². The third-order valence-corrected chi connectivity index (χ3v) is 5.45. The number of pyridine rings is 1. The van der Waals surface area contributed by atoms with Crippen LogP contribution < -0.4 is 15.5 Å². The third kappa shape index (κ3) is 4.02. The van der Waals surface area contributed by atoms with Crippen molar-refractivity contribution in [3.63, 3.8) is 0 Å². The minimum absolute atomic E-state index is 0.0428. The molecule has 2 aromatic heterocycles. The van der Waals surface area contributed by atoms with E-state index in [1.807, 2.05) is 47.5 Å². The SMILES string of the molecule is COCC(=O)Nc1ccc(N2C(=S)N[C@H](c3ccccn3)[C@H]2c2ccc[nH]2)cc1Cl. The molecule has 0 saturated carbocycles. The molecular formula is C21H20ClN5O2S. The summed E-state index contributed by atoms with van der Waals surface area (Å²) in [5.74, 6) is -0.273. The molecule has 0 bridgehead atoms. The predicted octanol–water partition coefficient (Wildman–Crippen LogP) is 3.83. The van der Waals surface area contributed by atoms with Crippen LogP contribution in [0.4, 0.5) is 11.4 Å². The zero-order valence-corrected chi connectivity index (χ0v) is 17.7. The van der Waals surface area contributed by atoms with E-state index in [1.54, 1.807) is 18.3 Å². The van der Waals surface area contributed by atoms with Crippen LogP contribution in [-0.2, 0) is 9.53 Å². The molecule has 3 heterocycles. The number of aromatic nitrogens is 2. The molecule has 30 heavy (non-hydrogen) atoms. The minimum Gasteiger partial charge on any atom is -0.375 e. The molecule has 1 fully saturated rings. The number of anilines is 2. The maximum absolute atomic E-state index is 11.8. The first-order valence-corrected chi connectivity index (χ1v) is 10.1. The Morgan fingerprint density at radius 3 is 2.83 bits per heavy atom.